The van der Waals surface area contributed by atoms with E-state index in [0.29, 0.717) is 5.92 Å². The van der Waals surface area contributed by atoms with Crippen LogP contribution in [0.15, 0.2) is 35.5 Å². The molecule has 0 aromatic heterocycles. The molecule has 1 fully saturated rings. The van der Waals surface area contributed by atoms with Crippen molar-refractivity contribution in [3.63, 3.8) is 0 Å². The molecule has 0 heterocycles. The lowest BCUT2D eigenvalue weighted by Crippen LogP contribution is -2.03. The van der Waals surface area contributed by atoms with E-state index < -0.39 is 0 Å². The first-order valence-corrected chi connectivity index (χ1v) is 4.58. The second-order valence-electron chi connectivity index (χ2n) is 3.30. The summed E-state index contributed by atoms with van der Waals surface area (Å²) in [6.45, 7) is 0. The van der Waals surface area contributed by atoms with Gasteiger partial charge in [-0.1, -0.05) is 35.5 Å². The normalized spacial score (nSPS) is 17.2. The number of hydrogen-bond donors (Lipinski definition) is 0. The van der Waals surface area contributed by atoms with Gasteiger partial charge in [0.1, 0.15) is 7.11 Å². The monoisotopic (exact) mass is 175 g/mol. The van der Waals surface area contributed by atoms with E-state index in [-0.39, 0.29) is 0 Å². The molecule has 1 aliphatic carbocycles. The summed E-state index contributed by atoms with van der Waals surface area (Å²) in [6, 6.07) is 10.2. The van der Waals surface area contributed by atoms with Crippen molar-refractivity contribution in [2.45, 2.75) is 12.8 Å². The van der Waals surface area contributed by atoms with E-state index >= 15 is 0 Å². The third kappa shape index (κ3) is 1.89. The van der Waals surface area contributed by atoms with Crippen LogP contribution in [0.5, 0.6) is 0 Å². The first kappa shape index (κ1) is 8.30. The SMILES string of the molecule is CO/N=C(/c1ccccc1)C1CC1. The highest BCUT2D eigenvalue weighted by molar-refractivity contribution is 6.03. The van der Waals surface area contributed by atoms with E-state index in [9.17, 15) is 0 Å². The fourth-order valence-corrected chi connectivity index (χ4v) is 1.43. The van der Waals surface area contributed by atoms with Gasteiger partial charge in [0.05, 0.1) is 5.71 Å². The first-order valence-electron chi connectivity index (χ1n) is 4.58. The van der Waals surface area contributed by atoms with Crippen molar-refractivity contribution in [1.29, 1.82) is 0 Å². The Morgan fingerprint density at radius 1 is 1.31 bits per heavy atom. The molecule has 0 unspecified atom stereocenters. The average molecular weight is 175 g/mol. The first-order chi connectivity index (χ1) is 6.42. The van der Waals surface area contributed by atoms with Gasteiger partial charge in [0.2, 0.25) is 0 Å². The van der Waals surface area contributed by atoms with Crippen LogP contribution in [0.4, 0.5) is 0 Å². The van der Waals surface area contributed by atoms with Crippen molar-refractivity contribution < 1.29 is 4.84 Å². The Labute approximate surface area is 78.2 Å². The van der Waals surface area contributed by atoms with Crippen LogP contribution in [0.2, 0.25) is 0 Å². The zero-order valence-electron chi connectivity index (χ0n) is 7.73. The van der Waals surface area contributed by atoms with Crippen molar-refractivity contribution in [2.24, 2.45) is 11.1 Å². The molecule has 0 radical (unpaired) electrons. The molecule has 0 bridgehead atoms. The van der Waals surface area contributed by atoms with Crippen molar-refractivity contribution >= 4 is 5.71 Å². The maximum Gasteiger partial charge on any atom is 0.106 e. The summed E-state index contributed by atoms with van der Waals surface area (Å²) in [5.74, 6) is 0.627. The molecule has 0 spiro atoms. The largest absolute Gasteiger partial charge is 0.399 e. The van der Waals surface area contributed by atoms with E-state index in [1.165, 1.54) is 18.4 Å². The van der Waals surface area contributed by atoms with Gasteiger partial charge in [0.15, 0.2) is 0 Å². The van der Waals surface area contributed by atoms with E-state index in [1.54, 1.807) is 7.11 Å². The summed E-state index contributed by atoms with van der Waals surface area (Å²) >= 11 is 0. The van der Waals surface area contributed by atoms with Crippen LogP contribution >= 0.6 is 0 Å². The highest BCUT2D eigenvalue weighted by Gasteiger charge is 2.28. The van der Waals surface area contributed by atoms with Crippen LogP contribution in [-0.4, -0.2) is 12.8 Å². The number of benzene rings is 1. The van der Waals surface area contributed by atoms with Crippen molar-refractivity contribution in [3.8, 4) is 0 Å². The molecule has 1 saturated carbocycles. The highest BCUT2D eigenvalue weighted by Crippen LogP contribution is 2.33. The van der Waals surface area contributed by atoms with E-state index in [2.05, 4.69) is 17.3 Å². The molecule has 0 aliphatic heterocycles. The van der Waals surface area contributed by atoms with Crippen molar-refractivity contribution in [3.05, 3.63) is 35.9 Å². The van der Waals surface area contributed by atoms with Gasteiger partial charge in [-0.2, -0.15) is 0 Å². The van der Waals surface area contributed by atoms with Gasteiger partial charge in [0.25, 0.3) is 0 Å². The van der Waals surface area contributed by atoms with Crippen molar-refractivity contribution in [2.75, 3.05) is 7.11 Å². The molecule has 68 valence electrons. The fraction of sp³-hybridized carbons (Fsp3) is 0.364. The van der Waals surface area contributed by atoms with Gasteiger partial charge in [-0.05, 0) is 18.4 Å². The molecule has 1 aromatic carbocycles. The van der Waals surface area contributed by atoms with Gasteiger partial charge in [-0.15, -0.1) is 0 Å². The summed E-state index contributed by atoms with van der Waals surface area (Å²) in [6.07, 6.45) is 2.49. The minimum absolute atomic E-state index is 0.627. The minimum atomic E-state index is 0.627. The zero-order valence-corrected chi connectivity index (χ0v) is 7.73. The summed E-state index contributed by atoms with van der Waals surface area (Å²) in [5, 5.41) is 4.07. The average Bonchev–Trinajstić information content (AvgIpc) is 2.99. The van der Waals surface area contributed by atoms with Crippen LogP contribution in [0.1, 0.15) is 18.4 Å². The topological polar surface area (TPSA) is 21.6 Å². The maximum absolute atomic E-state index is 4.85. The van der Waals surface area contributed by atoms with Crippen LogP contribution in [0, 0.1) is 5.92 Å². The Balaban J connectivity index is 2.25. The highest BCUT2D eigenvalue weighted by atomic mass is 16.6. The third-order valence-electron chi connectivity index (χ3n) is 2.22. The lowest BCUT2D eigenvalue weighted by Gasteiger charge is -2.02. The molecule has 1 aliphatic rings. The Hall–Kier alpha value is -1.31. The Kier molecular flexibility index (Phi) is 2.30. The lowest BCUT2D eigenvalue weighted by atomic mass is 10.1. The van der Waals surface area contributed by atoms with Crippen LogP contribution in [0.3, 0.4) is 0 Å². The minimum Gasteiger partial charge on any atom is -0.399 e. The Morgan fingerprint density at radius 2 is 2.00 bits per heavy atom. The zero-order chi connectivity index (χ0) is 9.10. The predicted molar refractivity (Wildman–Crippen MR) is 52.7 cm³/mol. The quantitative estimate of drug-likeness (QED) is 0.510. The molecule has 0 saturated heterocycles. The molecule has 2 nitrogen and oxygen atoms in total. The molecular weight excluding hydrogens is 162 g/mol. The Bertz CT molecular complexity index is 301. The summed E-state index contributed by atoms with van der Waals surface area (Å²) in [5.41, 5.74) is 2.29. The number of nitrogens with zero attached hydrogens (tertiary/aromatic N) is 1. The van der Waals surface area contributed by atoms with Crippen molar-refractivity contribution in [1.82, 2.24) is 0 Å². The van der Waals surface area contributed by atoms with E-state index in [4.69, 9.17) is 4.84 Å². The van der Waals surface area contributed by atoms with Gasteiger partial charge < -0.3 is 4.84 Å². The second kappa shape index (κ2) is 3.60. The molecule has 1 aromatic rings. The number of hydrogen-bond acceptors (Lipinski definition) is 2. The molecule has 2 heteroatoms. The number of rotatable bonds is 3. The molecule has 0 N–H and O–H groups in total. The predicted octanol–water partition coefficient (Wildman–Crippen LogP) is 2.45. The van der Waals surface area contributed by atoms with Gasteiger partial charge in [-0.25, -0.2) is 0 Å². The van der Waals surface area contributed by atoms with Crippen LogP contribution in [0.25, 0.3) is 0 Å². The Morgan fingerprint density at radius 3 is 2.54 bits per heavy atom. The van der Waals surface area contributed by atoms with Gasteiger partial charge in [0, 0.05) is 5.92 Å². The molecule has 0 atom stereocenters. The maximum atomic E-state index is 4.85. The smallest absolute Gasteiger partial charge is 0.106 e. The number of oxime groups is 1. The molecule has 2 rings (SSSR count). The lowest BCUT2D eigenvalue weighted by molar-refractivity contribution is 0.212. The van der Waals surface area contributed by atoms with E-state index in [0.717, 1.165) is 5.71 Å². The molecule has 13 heavy (non-hydrogen) atoms. The summed E-state index contributed by atoms with van der Waals surface area (Å²) in [4.78, 5) is 4.85. The van der Waals surface area contributed by atoms with Crippen LogP contribution < -0.4 is 0 Å². The van der Waals surface area contributed by atoms with E-state index in [1.807, 2.05) is 18.2 Å². The van der Waals surface area contributed by atoms with Gasteiger partial charge >= 0.3 is 0 Å². The second-order valence-corrected chi connectivity index (χ2v) is 3.30. The molecular formula is C11H13NO. The summed E-state index contributed by atoms with van der Waals surface area (Å²) < 4.78 is 0. The fourth-order valence-electron chi connectivity index (χ4n) is 1.43. The third-order valence-corrected chi connectivity index (χ3v) is 2.22. The van der Waals surface area contributed by atoms with Crippen LogP contribution in [-0.2, 0) is 4.84 Å². The summed E-state index contributed by atoms with van der Waals surface area (Å²) in [7, 11) is 1.60. The van der Waals surface area contributed by atoms with Gasteiger partial charge in [-0.3, -0.25) is 0 Å². The molecule has 0 amide bonds. The standard InChI is InChI=1S/C11H13NO/c1-13-12-11(10-7-8-10)9-5-3-2-4-6-9/h2-6,10H,7-8H2,1H3/b12-11-.